The highest BCUT2D eigenvalue weighted by molar-refractivity contribution is 5.85. The molecule has 2 heterocycles. The number of ether oxygens (including phenoxy) is 1. The van der Waals surface area contributed by atoms with Gasteiger partial charge >= 0.3 is 0 Å². The molecule has 1 fully saturated rings. The zero-order valence-electron chi connectivity index (χ0n) is 11.7. The highest BCUT2D eigenvalue weighted by Crippen LogP contribution is 2.31. The summed E-state index contributed by atoms with van der Waals surface area (Å²) >= 11 is 0. The Morgan fingerprint density at radius 1 is 1.30 bits per heavy atom. The van der Waals surface area contributed by atoms with Crippen LogP contribution in [0, 0.1) is 0 Å². The van der Waals surface area contributed by atoms with Gasteiger partial charge in [0.25, 0.3) is 0 Å². The van der Waals surface area contributed by atoms with Crippen LogP contribution >= 0.6 is 12.4 Å². The maximum Gasteiger partial charge on any atom is 0.122 e. The fraction of sp³-hybridized carbons (Fsp3) is 0.600. The Kier molecular flexibility index (Phi) is 5.66. The van der Waals surface area contributed by atoms with E-state index in [1.165, 1.54) is 11.1 Å². The number of hydrogen-bond donors (Lipinski definition) is 2. The summed E-state index contributed by atoms with van der Waals surface area (Å²) in [6, 6.07) is 6.85. The Hall–Kier alpha value is -0.810. The quantitative estimate of drug-likeness (QED) is 0.881. The first kappa shape index (κ1) is 15.6. The molecule has 0 spiro atoms. The van der Waals surface area contributed by atoms with Crippen LogP contribution in [0.5, 0.6) is 5.75 Å². The Morgan fingerprint density at radius 3 is 2.85 bits per heavy atom. The predicted molar refractivity (Wildman–Crippen MR) is 81.8 cm³/mol. The van der Waals surface area contributed by atoms with E-state index in [9.17, 15) is 5.11 Å². The third-order valence-corrected chi connectivity index (χ3v) is 4.09. The van der Waals surface area contributed by atoms with E-state index in [1.54, 1.807) is 0 Å². The van der Waals surface area contributed by atoms with E-state index in [4.69, 9.17) is 4.74 Å². The normalized spacial score (nSPS) is 19.9. The monoisotopic (exact) mass is 298 g/mol. The van der Waals surface area contributed by atoms with E-state index < -0.39 is 0 Å². The lowest BCUT2D eigenvalue weighted by Crippen LogP contribution is -2.45. The minimum atomic E-state index is 0. The van der Waals surface area contributed by atoms with Gasteiger partial charge in [0.1, 0.15) is 5.75 Å². The van der Waals surface area contributed by atoms with Crippen LogP contribution in [0.4, 0.5) is 0 Å². The van der Waals surface area contributed by atoms with Gasteiger partial charge in [-0.25, -0.2) is 0 Å². The molecule has 1 saturated heterocycles. The Balaban J connectivity index is 0.00000147. The Labute approximate surface area is 126 Å². The molecule has 112 valence electrons. The summed E-state index contributed by atoms with van der Waals surface area (Å²) in [6.45, 7) is 5.22. The van der Waals surface area contributed by atoms with Crippen molar-refractivity contribution in [2.24, 2.45) is 0 Å². The van der Waals surface area contributed by atoms with Crippen molar-refractivity contribution in [3.8, 4) is 5.75 Å². The first-order chi connectivity index (χ1) is 9.38. The van der Waals surface area contributed by atoms with Gasteiger partial charge in [-0.3, -0.25) is 4.90 Å². The van der Waals surface area contributed by atoms with Crippen LogP contribution in [-0.4, -0.2) is 49.4 Å². The Morgan fingerprint density at radius 2 is 2.10 bits per heavy atom. The number of halogens is 1. The number of piperazine rings is 1. The molecule has 1 atom stereocenters. The summed E-state index contributed by atoms with van der Waals surface area (Å²) < 4.78 is 5.57. The maximum absolute atomic E-state index is 9.36. The topological polar surface area (TPSA) is 44.7 Å². The van der Waals surface area contributed by atoms with E-state index in [2.05, 4.69) is 28.4 Å². The van der Waals surface area contributed by atoms with Crippen molar-refractivity contribution in [2.45, 2.75) is 18.9 Å². The summed E-state index contributed by atoms with van der Waals surface area (Å²) in [5, 5.41) is 12.7. The molecule has 0 unspecified atom stereocenters. The number of rotatable bonds is 4. The lowest BCUT2D eigenvalue weighted by atomic mass is 9.98. The van der Waals surface area contributed by atoms with Gasteiger partial charge in [0.15, 0.2) is 0 Å². The number of aliphatic hydroxyl groups excluding tert-OH is 1. The van der Waals surface area contributed by atoms with Crippen LogP contribution in [0.25, 0.3) is 0 Å². The average molecular weight is 299 g/mol. The van der Waals surface area contributed by atoms with Gasteiger partial charge < -0.3 is 15.2 Å². The van der Waals surface area contributed by atoms with Crippen molar-refractivity contribution in [3.05, 3.63) is 29.3 Å². The molecule has 4 nitrogen and oxygen atoms in total. The summed E-state index contributed by atoms with van der Waals surface area (Å²) in [5.74, 6) is 1.03. The average Bonchev–Trinajstić information content (AvgIpc) is 2.93. The molecular formula is C15H23ClN2O2. The van der Waals surface area contributed by atoms with Crippen LogP contribution in [0.15, 0.2) is 18.2 Å². The molecule has 1 aromatic rings. The molecule has 0 aliphatic carbocycles. The van der Waals surface area contributed by atoms with Gasteiger partial charge in [-0.1, -0.05) is 12.1 Å². The number of aliphatic hydroxyl groups is 1. The number of nitrogens with zero attached hydrogens (tertiary/aromatic N) is 1. The summed E-state index contributed by atoms with van der Waals surface area (Å²) in [5.41, 5.74) is 2.63. The number of hydrogen-bond acceptors (Lipinski definition) is 4. The molecule has 0 bridgehead atoms. The molecule has 2 aliphatic heterocycles. The second-order valence-electron chi connectivity index (χ2n) is 5.28. The lowest BCUT2D eigenvalue weighted by Gasteiger charge is -2.35. The summed E-state index contributed by atoms with van der Waals surface area (Å²) in [7, 11) is 0. The van der Waals surface area contributed by atoms with E-state index >= 15 is 0 Å². The van der Waals surface area contributed by atoms with E-state index in [1.807, 2.05) is 0 Å². The van der Waals surface area contributed by atoms with Gasteiger partial charge in [-0.15, -0.1) is 12.4 Å². The van der Waals surface area contributed by atoms with Gasteiger partial charge in [0, 0.05) is 45.2 Å². The molecule has 5 heteroatoms. The first-order valence-corrected chi connectivity index (χ1v) is 7.20. The van der Waals surface area contributed by atoms with Crippen LogP contribution < -0.4 is 10.1 Å². The molecule has 0 aromatic heterocycles. The minimum absolute atomic E-state index is 0. The van der Waals surface area contributed by atoms with E-state index in [0.29, 0.717) is 6.04 Å². The SMILES string of the molecule is Cl.OCC[C@@H](c1ccc2c(c1)CCO2)N1CCNCC1. The molecule has 0 radical (unpaired) electrons. The second-order valence-corrected chi connectivity index (χ2v) is 5.28. The smallest absolute Gasteiger partial charge is 0.122 e. The number of fused-ring (bicyclic) bond motifs is 1. The van der Waals surface area contributed by atoms with Crippen LogP contribution in [-0.2, 0) is 6.42 Å². The summed E-state index contributed by atoms with van der Waals surface area (Å²) in [4.78, 5) is 2.48. The van der Waals surface area contributed by atoms with Crippen LogP contribution in [0.3, 0.4) is 0 Å². The maximum atomic E-state index is 9.36. The van der Waals surface area contributed by atoms with Crippen molar-refractivity contribution in [2.75, 3.05) is 39.4 Å². The summed E-state index contributed by atoms with van der Waals surface area (Å²) in [6.07, 6.45) is 1.82. The van der Waals surface area contributed by atoms with Crippen molar-refractivity contribution in [3.63, 3.8) is 0 Å². The predicted octanol–water partition coefficient (Wildman–Crippen LogP) is 1.37. The van der Waals surface area contributed by atoms with Gasteiger partial charge in [-0.2, -0.15) is 0 Å². The van der Waals surface area contributed by atoms with E-state index in [0.717, 1.165) is 51.4 Å². The molecule has 0 saturated carbocycles. The fourth-order valence-electron chi connectivity index (χ4n) is 3.09. The van der Waals surface area contributed by atoms with Crippen molar-refractivity contribution in [1.82, 2.24) is 10.2 Å². The third kappa shape index (κ3) is 3.26. The van der Waals surface area contributed by atoms with Gasteiger partial charge in [-0.05, 0) is 23.6 Å². The number of benzene rings is 1. The Bertz CT molecular complexity index is 436. The fourth-order valence-corrected chi connectivity index (χ4v) is 3.09. The van der Waals surface area contributed by atoms with Crippen molar-refractivity contribution < 1.29 is 9.84 Å². The standard InChI is InChI=1S/C15H22N2O2.ClH/c18-9-3-14(17-7-5-16-6-8-17)12-1-2-15-13(11-12)4-10-19-15;/h1-2,11,14,16,18H,3-10H2;1H/t14-;/m0./s1. The van der Waals surface area contributed by atoms with Gasteiger partial charge in [0.2, 0.25) is 0 Å². The van der Waals surface area contributed by atoms with Crippen LogP contribution in [0.2, 0.25) is 0 Å². The molecule has 20 heavy (non-hydrogen) atoms. The molecule has 0 amide bonds. The third-order valence-electron chi connectivity index (χ3n) is 4.09. The zero-order valence-corrected chi connectivity index (χ0v) is 12.5. The zero-order chi connectivity index (χ0) is 13.1. The lowest BCUT2D eigenvalue weighted by molar-refractivity contribution is 0.141. The largest absolute Gasteiger partial charge is 0.493 e. The van der Waals surface area contributed by atoms with Crippen molar-refractivity contribution >= 4 is 12.4 Å². The number of nitrogens with one attached hydrogen (secondary N) is 1. The highest BCUT2D eigenvalue weighted by atomic mass is 35.5. The van der Waals surface area contributed by atoms with Crippen LogP contribution in [0.1, 0.15) is 23.6 Å². The molecule has 3 rings (SSSR count). The minimum Gasteiger partial charge on any atom is -0.493 e. The van der Waals surface area contributed by atoms with E-state index in [-0.39, 0.29) is 19.0 Å². The molecule has 1 aromatic carbocycles. The molecule has 2 aliphatic rings. The molecular weight excluding hydrogens is 276 g/mol. The van der Waals surface area contributed by atoms with Crippen molar-refractivity contribution in [1.29, 1.82) is 0 Å². The highest BCUT2D eigenvalue weighted by Gasteiger charge is 2.23. The molecule has 2 N–H and O–H groups in total. The first-order valence-electron chi connectivity index (χ1n) is 7.20. The second kappa shape index (κ2) is 7.27. The van der Waals surface area contributed by atoms with Gasteiger partial charge in [0.05, 0.1) is 6.61 Å².